The van der Waals surface area contributed by atoms with Gasteiger partial charge in [0.25, 0.3) is 0 Å². The van der Waals surface area contributed by atoms with Crippen molar-refractivity contribution >= 4 is 39.5 Å². The number of esters is 4. The third-order valence-corrected chi connectivity index (χ3v) is 20.3. The number of ether oxygens (including phenoxy) is 4. The minimum absolute atomic E-state index is 0.108. The van der Waals surface area contributed by atoms with Crippen molar-refractivity contribution in [3.05, 3.63) is 0 Å². The van der Waals surface area contributed by atoms with Gasteiger partial charge in [0.2, 0.25) is 0 Å². The molecule has 97 heavy (non-hydrogen) atoms. The van der Waals surface area contributed by atoms with Crippen LogP contribution in [0.3, 0.4) is 0 Å². The van der Waals surface area contributed by atoms with Crippen LogP contribution in [0, 0.1) is 0 Å². The topological polar surface area (TPSA) is 237 Å². The van der Waals surface area contributed by atoms with E-state index in [-0.39, 0.29) is 25.7 Å². The van der Waals surface area contributed by atoms with E-state index in [9.17, 15) is 43.2 Å². The van der Waals surface area contributed by atoms with Gasteiger partial charge in [0.1, 0.15) is 19.3 Å². The summed E-state index contributed by atoms with van der Waals surface area (Å²) in [5, 5.41) is 10.6. The molecule has 0 aromatic heterocycles. The van der Waals surface area contributed by atoms with Crippen molar-refractivity contribution < 1.29 is 80.2 Å². The molecule has 0 bridgehead atoms. The Kier molecular flexibility index (Phi) is 71.0. The van der Waals surface area contributed by atoms with Crippen LogP contribution in [0.4, 0.5) is 0 Å². The fourth-order valence-corrected chi connectivity index (χ4v) is 13.7. The first-order valence-corrected chi connectivity index (χ1v) is 43.8. The molecule has 0 aromatic carbocycles. The maximum atomic E-state index is 13.1. The fraction of sp³-hybridized carbons (Fsp3) is 0.949. The van der Waals surface area contributed by atoms with E-state index in [2.05, 4.69) is 27.7 Å². The summed E-state index contributed by atoms with van der Waals surface area (Å²) in [4.78, 5) is 72.6. The quantitative estimate of drug-likeness (QED) is 0.0222. The summed E-state index contributed by atoms with van der Waals surface area (Å²) in [6.45, 7) is 4.92. The molecule has 0 saturated carbocycles. The highest BCUT2D eigenvalue weighted by atomic mass is 31.2. The normalized spacial score (nSPS) is 13.8. The van der Waals surface area contributed by atoms with Crippen LogP contribution in [-0.4, -0.2) is 96.7 Å². The molecule has 0 fully saturated rings. The van der Waals surface area contributed by atoms with E-state index >= 15 is 0 Å². The first-order valence-electron chi connectivity index (χ1n) is 40.8. The lowest BCUT2D eigenvalue weighted by Gasteiger charge is -2.21. The maximum absolute atomic E-state index is 13.1. The zero-order valence-corrected chi connectivity index (χ0v) is 64.8. The summed E-state index contributed by atoms with van der Waals surface area (Å²) in [7, 11) is -9.90. The molecule has 0 saturated heterocycles. The van der Waals surface area contributed by atoms with E-state index in [0.717, 1.165) is 96.3 Å². The van der Waals surface area contributed by atoms with Crippen molar-refractivity contribution in [2.24, 2.45) is 0 Å². The molecule has 576 valence electrons. The number of carbonyl (C=O) groups excluding carboxylic acids is 4. The number of phosphoric acid groups is 2. The molecule has 19 heteroatoms. The molecule has 17 nitrogen and oxygen atoms in total. The largest absolute Gasteiger partial charge is 0.472 e. The number of rotatable bonds is 79. The molecule has 0 heterocycles. The Hall–Kier alpha value is -1.94. The van der Waals surface area contributed by atoms with Crippen LogP contribution < -0.4 is 0 Å². The number of hydrogen-bond acceptors (Lipinski definition) is 15. The van der Waals surface area contributed by atoms with Crippen molar-refractivity contribution in [2.75, 3.05) is 39.6 Å². The van der Waals surface area contributed by atoms with Gasteiger partial charge in [0.05, 0.1) is 26.4 Å². The molecule has 0 spiro atoms. The van der Waals surface area contributed by atoms with Gasteiger partial charge in [-0.3, -0.25) is 37.3 Å². The van der Waals surface area contributed by atoms with Crippen molar-refractivity contribution in [1.82, 2.24) is 0 Å². The lowest BCUT2D eigenvalue weighted by molar-refractivity contribution is -0.161. The zero-order valence-electron chi connectivity index (χ0n) is 63.1. The summed E-state index contributed by atoms with van der Waals surface area (Å²) in [5.41, 5.74) is 0. The maximum Gasteiger partial charge on any atom is 0.472 e. The van der Waals surface area contributed by atoms with Gasteiger partial charge in [-0.1, -0.05) is 368 Å². The van der Waals surface area contributed by atoms with Gasteiger partial charge in [-0.25, -0.2) is 9.13 Å². The first-order chi connectivity index (χ1) is 47.2. The van der Waals surface area contributed by atoms with Gasteiger partial charge in [-0.05, 0) is 25.7 Å². The molecule has 0 rings (SSSR count). The Morgan fingerprint density at radius 1 is 0.247 bits per heavy atom. The van der Waals surface area contributed by atoms with E-state index in [1.807, 2.05) is 0 Å². The Morgan fingerprint density at radius 2 is 0.412 bits per heavy atom. The zero-order chi connectivity index (χ0) is 71.1. The highest BCUT2D eigenvalue weighted by Gasteiger charge is 2.30. The van der Waals surface area contributed by atoms with Gasteiger partial charge < -0.3 is 33.8 Å². The second-order valence-corrected chi connectivity index (χ2v) is 31.0. The van der Waals surface area contributed by atoms with Crippen LogP contribution in [-0.2, 0) is 65.4 Å². The van der Waals surface area contributed by atoms with Gasteiger partial charge in [-0.15, -0.1) is 0 Å². The molecule has 5 atom stereocenters. The molecule has 0 aromatic rings. The lowest BCUT2D eigenvalue weighted by Crippen LogP contribution is -2.30. The van der Waals surface area contributed by atoms with Crippen LogP contribution in [0.5, 0.6) is 0 Å². The number of carbonyl (C=O) groups is 4. The monoisotopic (exact) mass is 1420 g/mol. The molecule has 0 aliphatic carbocycles. The average Bonchev–Trinajstić information content (AvgIpc) is 1.33. The summed E-state index contributed by atoms with van der Waals surface area (Å²) < 4.78 is 68.4. The summed E-state index contributed by atoms with van der Waals surface area (Å²) in [6.07, 6.45) is 64.3. The highest BCUT2D eigenvalue weighted by Crippen LogP contribution is 2.45. The van der Waals surface area contributed by atoms with E-state index in [4.69, 9.17) is 37.0 Å². The Labute approximate surface area is 594 Å². The van der Waals surface area contributed by atoms with E-state index in [1.165, 1.54) is 244 Å². The van der Waals surface area contributed by atoms with E-state index < -0.39 is 97.5 Å². The molecule has 0 radical (unpaired) electrons. The van der Waals surface area contributed by atoms with Crippen molar-refractivity contribution in [3.8, 4) is 0 Å². The minimum Gasteiger partial charge on any atom is -0.462 e. The third-order valence-electron chi connectivity index (χ3n) is 18.4. The molecule has 2 unspecified atom stereocenters. The number of hydrogen-bond donors (Lipinski definition) is 3. The van der Waals surface area contributed by atoms with Crippen LogP contribution in [0.15, 0.2) is 0 Å². The molecular weight excluding hydrogens is 1270 g/mol. The van der Waals surface area contributed by atoms with Crippen molar-refractivity contribution in [3.63, 3.8) is 0 Å². The Balaban J connectivity index is 5.12. The summed E-state index contributed by atoms with van der Waals surface area (Å²) in [5.74, 6) is -2.12. The number of aliphatic hydroxyl groups excluding tert-OH is 1. The van der Waals surface area contributed by atoms with Gasteiger partial charge in [-0.2, -0.15) is 0 Å². The van der Waals surface area contributed by atoms with Crippen LogP contribution in [0.25, 0.3) is 0 Å². The average molecular weight is 1420 g/mol. The minimum atomic E-state index is -4.96. The standard InChI is InChI=1S/C78H152O17P2/c1-5-9-13-17-20-23-26-29-32-34-35-36-38-41-44-47-50-53-57-61-65-78(83)95-74(69-89-76(81)63-59-55-51-48-45-42-40-37-33-30-27-24-21-18-14-10-6-2)71-93-97(86,87)91-67-72(79)66-90-96(84,85)92-70-73(68-88-75(80)62-58-54-16-12-8-4)94-77(82)64-60-56-52-49-46-43-39-31-28-25-22-19-15-11-7-3/h72-74,79H,5-71H2,1-4H3,(H,84,85)(H,86,87)/t72-,73+,74+/m0/s1. The van der Waals surface area contributed by atoms with Gasteiger partial charge in [0.15, 0.2) is 12.2 Å². The second kappa shape index (κ2) is 72.4. The van der Waals surface area contributed by atoms with E-state index in [0.29, 0.717) is 25.7 Å². The Bertz CT molecular complexity index is 1840. The summed E-state index contributed by atoms with van der Waals surface area (Å²) >= 11 is 0. The molecule has 3 N–H and O–H groups in total. The van der Waals surface area contributed by atoms with Crippen molar-refractivity contribution in [2.45, 2.75) is 438 Å². The predicted octanol–water partition coefficient (Wildman–Crippen LogP) is 23.4. The van der Waals surface area contributed by atoms with Crippen molar-refractivity contribution in [1.29, 1.82) is 0 Å². The fourth-order valence-electron chi connectivity index (χ4n) is 12.1. The second-order valence-electron chi connectivity index (χ2n) is 28.1. The van der Waals surface area contributed by atoms with E-state index in [1.54, 1.807) is 0 Å². The SMILES string of the molecule is CCCCCCCCCCCCCCCCCCCCCCC(=O)O[C@H](COC(=O)CCCCCCCCCCCCCCCCCCC)COP(=O)(O)OC[C@@H](O)COP(=O)(O)OC[C@@H](COC(=O)CCCCCCC)OC(=O)CCCCCCCCCCCCCCCCC. The van der Waals surface area contributed by atoms with Gasteiger partial charge in [0, 0.05) is 25.7 Å². The van der Waals surface area contributed by atoms with Crippen LogP contribution >= 0.6 is 15.6 Å². The van der Waals surface area contributed by atoms with Crippen LogP contribution in [0.2, 0.25) is 0 Å². The van der Waals surface area contributed by atoms with Crippen LogP contribution in [0.1, 0.15) is 419 Å². The first kappa shape index (κ1) is 95.1. The number of phosphoric ester groups is 2. The molecule has 0 aliphatic heterocycles. The highest BCUT2D eigenvalue weighted by molar-refractivity contribution is 7.47. The predicted molar refractivity (Wildman–Crippen MR) is 395 cm³/mol. The molecule has 0 aliphatic rings. The number of unbranched alkanes of at least 4 members (excludes halogenated alkanes) is 53. The summed E-state index contributed by atoms with van der Waals surface area (Å²) in [6, 6.07) is 0. The third kappa shape index (κ3) is 72.2. The Morgan fingerprint density at radius 3 is 0.608 bits per heavy atom. The molecule has 0 amide bonds. The smallest absolute Gasteiger partial charge is 0.462 e. The lowest BCUT2D eigenvalue weighted by atomic mass is 10.0. The molecular formula is C78H152O17P2. The van der Waals surface area contributed by atoms with Gasteiger partial charge >= 0.3 is 39.5 Å². The number of aliphatic hydroxyl groups is 1.